The van der Waals surface area contributed by atoms with Gasteiger partial charge in [-0.2, -0.15) is 0 Å². The van der Waals surface area contributed by atoms with Gasteiger partial charge in [0.05, 0.1) is 5.69 Å². The van der Waals surface area contributed by atoms with Crippen molar-refractivity contribution in [3.05, 3.63) is 60.2 Å². The summed E-state index contributed by atoms with van der Waals surface area (Å²) in [5.41, 5.74) is 3.22. The molecule has 0 saturated carbocycles. The highest BCUT2D eigenvalue weighted by atomic mass is 16.7. The zero-order valence-electron chi connectivity index (χ0n) is 19.4. The van der Waals surface area contributed by atoms with Gasteiger partial charge in [-0.1, -0.05) is 31.2 Å². The highest BCUT2D eigenvalue weighted by Crippen LogP contribution is 2.35. The average molecular weight is 461 g/mol. The van der Waals surface area contributed by atoms with E-state index < -0.39 is 6.10 Å². The van der Waals surface area contributed by atoms with Crippen molar-refractivity contribution in [2.75, 3.05) is 37.9 Å². The molecule has 2 aliphatic rings. The fourth-order valence-electron chi connectivity index (χ4n) is 4.18. The third-order valence-electron chi connectivity index (χ3n) is 6.23. The van der Waals surface area contributed by atoms with Crippen molar-refractivity contribution in [3.8, 4) is 28.5 Å². The lowest BCUT2D eigenvalue weighted by molar-refractivity contribution is -0.138. The van der Waals surface area contributed by atoms with Gasteiger partial charge >= 0.3 is 0 Å². The van der Waals surface area contributed by atoms with E-state index in [4.69, 9.17) is 14.2 Å². The van der Waals surface area contributed by atoms with Gasteiger partial charge in [0.25, 0.3) is 5.91 Å². The molecule has 0 radical (unpaired) electrons. The third kappa shape index (κ3) is 4.62. The fraction of sp³-hybridized carbons (Fsp3) is 0.346. The van der Waals surface area contributed by atoms with Crippen molar-refractivity contribution in [1.82, 2.24) is 15.1 Å². The lowest BCUT2D eigenvalue weighted by Crippen LogP contribution is -2.52. The fourth-order valence-corrected chi connectivity index (χ4v) is 4.18. The van der Waals surface area contributed by atoms with Crippen LogP contribution in [0.2, 0.25) is 0 Å². The number of amides is 1. The monoisotopic (exact) mass is 460 g/mol. The third-order valence-corrected chi connectivity index (χ3v) is 6.23. The average Bonchev–Trinajstić information content (AvgIpc) is 3.36. The van der Waals surface area contributed by atoms with Gasteiger partial charge in [-0.15, -0.1) is 10.2 Å². The Bertz CT molecular complexity index is 1140. The molecule has 0 aliphatic carbocycles. The Kier molecular flexibility index (Phi) is 6.20. The van der Waals surface area contributed by atoms with E-state index in [-0.39, 0.29) is 12.7 Å². The van der Waals surface area contributed by atoms with Gasteiger partial charge in [0.15, 0.2) is 23.4 Å². The van der Waals surface area contributed by atoms with E-state index in [2.05, 4.69) is 46.3 Å². The van der Waals surface area contributed by atoms with Crippen molar-refractivity contribution in [2.45, 2.75) is 26.4 Å². The highest BCUT2D eigenvalue weighted by Gasteiger charge is 2.27. The number of anilines is 1. The molecule has 34 heavy (non-hydrogen) atoms. The molecule has 2 aromatic carbocycles. The van der Waals surface area contributed by atoms with Gasteiger partial charge in [-0.05, 0) is 43.2 Å². The van der Waals surface area contributed by atoms with Crippen LogP contribution in [0.4, 0.5) is 5.82 Å². The number of piperazine rings is 1. The number of aryl methyl sites for hydroxylation is 1. The lowest BCUT2D eigenvalue weighted by Gasteiger charge is -2.36. The van der Waals surface area contributed by atoms with E-state index >= 15 is 0 Å². The highest BCUT2D eigenvalue weighted by molar-refractivity contribution is 5.81. The Morgan fingerprint density at radius 3 is 2.44 bits per heavy atom. The van der Waals surface area contributed by atoms with Crippen LogP contribution >= 0.6 is 0 Å². The minimum atomic E-state index is -0.593. The summed E-state index contributed by atoms with van der Waals surface area (Å²) < 4.78 is 16.6. The molecular weight excluding hydrogens is 432 g/mol. The van der Waals surface area contributed by atoms with E-state index in [1.165, 1.54) is 5.56 Å². The van der Waals surface area contributed by atoms with E-state index in [9.17, 15) is 4.79 Å². The lowest BCUT2D eigenvalue weighted by atomic mass is 10.1. The van der Waals surface area contributed by atoms with Gasteiger partial charge < -0.3 is 24.0 Å². The summed E-state index contributed by atoms with van der Waals surface area (Å²) in [4.78, 5) is 16.9. The number of ether oxygens (including phenoxy) is 3. The number of aromatic nitrogens is 2. The second-order valence-corrected chi connectivity index (χ2v) is 8.41. The zero-order chi connectivity index (χ0) is 23.5. The number of hydrogen-bond acceptors (Lipinski definition) is 7. The molecule has 1 aromatic heterocycles. The summed E-state index contributed by atoms with van der Waals surface area (Å²) in [6.07, 6.45) is 0.424. The SMILES string of the molecule is CCc1ccc(-c2ccc(N3CCN(C(=O)C(C)Oc4ccc5c(c4)OCO5)CC3)nn2)cc1. The number of carbonyl (C=O) groups is 1. The number of benzene rings is 2. The van der Waals surface area contributed by atoms with Gasteiger partial charge in [0, 0.05) is 37.8 Å². The normalized spacial score (nSPS) is 15.8. The van der Waals surface area contributed by atoms with E-state index in [1.54, 1.807) is 25.1 Å². The second-order valence-electron chi connectivity index (χ2n) is 8.41. The van der Waals surface area contributed by atoms with Gasteiger partial charge in [-0.25, -0.2) is 0 Å². The van der Waals surface area contributed by atoms with Crippen molar-refractivity contribution < 1.29 is 19.0 Å². The predicted molar refractivity (Wildman–Crippen MR) is 128 cm³/mol. The van der Waals surface area contributed by atoms with Crippen LogP contribution in [0.3, 0.4) is 0 Å². The number of rotatable bonds is 6. The molecule has 0 bridgehead atoms. The van der Waals surface area contributed by atoms with Crippen LogP contribution in [0, 0.1) is 0 Å². The standard InChI is InChI=1S/C26H28N4O4/c1-3-19-4-6-20(7-5-19)22-9-11-25(28-27-22)29-12-14-30(15-13-29)26(31)18(2)34-21-8-10-23-24(16-21)33-17-32-23/h4-11,16,18H,3,12-15,17H2,1-2H3. The molecule has 8 heteroatoms. The Morgan fingerprint density at radius 1 is 0.971 bits per heavy atom. The maximum absolute atomic E-state index is 12.9. The van der Waals surface area contributed by atoms with Crippen LogP contribution in [0.1, 0.15) is 19.4 Å². The van der Waals surface area contributed by atoms with E-state index in [0.717, 1.165) is 23.5 Å². The Labute approximate surface area is 199 Å². The molecule has 2 aliphatic heterocycles. The number of hydrogen-bond donors (Lipinski definition) is 0. The molecule has 8 nitrogen and oxygen atoms in total. The summed E-state index contributed by atoms with van der Waals surface area (Å²) in [7, 11) is 0. The van der Waals surface area contributed by atoms with Crippen LogP contribution in [-0.4, -0.2) is 60.1 Å². The first kappa shape index (κ1) is 22.0. The molecule has 1 amide bonds. The van der Waals surface area contributed by atoms with Crippen LogP contribution in [-0.2, 0) is 11.2 Å². The smallest absolute Gasteiger partial charge is 0.263 e. The quantitative estimate of drug-likeness (QED) is 0.557. The summed E-state index contributed by atoms with van der Waals surface area (Å²) in [6.45, 7) is 6.73. The van der Waals surface area contributed by atoms with Crippen molar-refractivity contribution in [2.24, 2.45) is 0 Å². The maximum atomic E-state index is 12.9. The summed E-state index contributed by atoms with van der Waals surface area (Å²) in [5.74, 6) is 2.70. The molecule has 0 spiro atoms. The predicted octanol–water partition coefficient (Wildman–Crippen LogP) is 3.55. The second kappa shape index (κ2) is 9.59. The summed E-state index contributed by atoms with van der Waals surface area (Å²) >= 11 is 0. The molecule has 1 unspecified atom stereocenters. The van der Waals surface area contributed by atoms with Crippen molar-refractivity contribution in [1.29, 1.82) is 0 Å². The molecule has 1 atom stereocenters. The summed E-state index contributed by atoms with van der Waals surface area (Å²) in [5, 5.41) is 8.86. The van der Waals surface area contributed by atoms with E-state index in [1.807, 2.05) is 17.0 Å². The topological polar surface area (TPSA) is 77.0 Å². The first-order chi connectivity index (χ1) is 16.6. The van der Waals surface area contributed by atoms with Crippen molar-refractivity contribution in [3.63, 3.8) is 0 Å². The first-order valence-electron chi connectivity index (χ1n) is 11.6. The van der Waals surface area contributed by atoms with E-state index in [0.29, 0.717) is 43.4 Å². The molecular formula is C26H28N4O4. The molecule has 0 N–H and O–H groups in total. The van der Waals surface area contributed by atoms with Gasteiger partial charge in [-0.3, -0.25) is 4.79 Å². The van der Waals surface area contributed by atoms with Gasteiger partial charge in [0.2, 0.25) is 6.79 Å². The minimum Gasteiger partial charge on any atom is -0.481 e. The molecule has 176 valence electrons. The number of fused-ring (bicyclic) bond motifs is 1. The minimum absolute atomic E-state index is 0.0331. The van der Waals surface area contributed by atoms with Crippen LogP contribution in [0.25, 0.3) is 11.3 Å². The Balaban J connectivity index is 1.15. The maximum Gasteiger partial charge on any atom is 0.263 e. The number of carbonyl (C=O) groups excluding carboxylic acids is 1. The van der Waals surface area contributed by atoms with Crippen LogP contribution < -0.4 is 19.1 Å². The van der Waals surface area contributed by atoms with Crippen LogP contribution in [0.15, 0.2) is 54.6 Å². The Hall–Kier alpha value is -3.81. The molecule has 5 rings (SSSR count). The zero-order valence-corrected chi connectivity index (χ0v) is 19.4. The first-order valence-corrected chi connectivity index (χ1v) is 11.6. The molecule has 1 saturated heterocycles. The molecule has 3 aromatic rings. The van der Waals surface area contributed by atoms with Crippen LogP contribution in [0.5, 0.6) is 17.2 Å². The largest absolute Gasteiger partial charge is 0.481 e. The number of nitrogens with zero attached hydrogens (tertiary/aromatic N) is 4. The van der Waals surface area contributed by atoms with Crippen molar-refractivity contribution >= 4 is 11.7 Å². The molecule has 3 heterocycles. The molecule has 1 fully saturated rings. The summed E-state index contributed by atoms with van der Waals surface area (Å²) in [6, 6.07) is 17.7. The Morgan fingerprint density at radius 2 is 1.74 bits per heavy atom. The van der Waals surface area contributed by atoms with Gasteiger partial charge in [0.1, 0.15) is 5.75 Å².